The molecule has 1 amide bonds. The maximum atomic E-state index is 12.7. The number of hydroxylamine groups is 2. The number of nitrogens with zero attached hydrogens (tertiary/aromatic N) is 1. The molecule has 184 valence electrons. The van der Waals surface area contributed by atoms with Gasteiger partial charge in [-0.25, -0.2) is 4.79 Å². The highest BCUT2D eigenvalue weighted by Crippen LogP contribution is 2.31. The van der Waals surface area contributed by atoms with Gasteiger partial charge in [0.15, 0.2) is 0 Å². The van der Waals surface area contributed by atoms with E-state index in [0.29, 0.717) is 31.1 Å². The van der Waals surface area contributed by atoms with Crippen LogP contribution < -0.4 is 0 Å². The van der Waals surface area contributed by atoms with Crippen LogP contribution in [0, 0.1) is 11.8 Å². The highest BCUT2D eigenvalue weighted by molar-refractivity contribution is 5.78. The van der Waals surface area contributed by atoms with Gasteiger partial charge < -0.3 is 9.47 Å². The Bertz CT molecular complexity index is 930. The van der Waals surface area contributed by atoms with Gasteiger partial charge in [0.25, 0.3) is 0 Å². The van der Waals surface area contributed by atoms with Crippen LogP contribution in [0.3, 0.4) is 0 Å². The molecule has 1 aliphatic rings. The van der Waals surface area contributed by atoms with Crippen molar-refractivity contribution in [3.63, 3.8) is 0 Å². The monoisotopic (exact) mass is 467 g/mol. The first kappa shape index (κ1) is 25.9. The van der Waals surface area contributed by atoms with Gasteiger partial charge in [-0.15, -0.1) is 0 Å². The quantitative estimate of drug-likeness (QED) is 0.386. The fraction of sp³-hybridized carbons (Fsp3) is 0.500. The predicted octanol–water partition coefficient (Wildman–Crippen LogP) is 5.91. The van der Waals surface area contributed by atoms with E-state index in [1.54, 1.807) is 27.7 Å². The third-order valence-corrected chi connectivity index (χ3v) is 6.34. The number of ketones is 1. The lowest BCUT2D eigenvalue weighted by atomic mass is 9.79. The number of carbonyl (C=O) groups excluding carboxylic acids is 2. The molecule has 0 aliphatic carbocycles. The molecule has 1 unspecified atom stereocenters. The predicted molar refractivity (Wildman–Crippen MR) is 132 cm³/mol. The third-order valence-electron chi connectivity index (χ3n) is 6.34. The van der Waals surface area contributed by atoms with Crippen molar-refractivity contribution in [1.29, 1.82) is 0 Å². The molecule has 3 rings (SSSR count). The van der Waals surface area contributed by atoms with Crippen LogP contribution in [0.25, 0.3) is 11.1 Å². The van der Waals surface area contributed by atoms with E-state index < -0.39 is 17.7 Å². The summed E-state index contributed by atoms with van der Waals surface area (Å²) >= 11 is 0. The molecule has 0 bridgehead atoms. The van der Waals surface area contributed by atoms with Crippen LogP contribution in [0.1, 0.15) is 52.5 Å². The van der Waals surface area contributed by atoms with Gasteiger partial charge in [0.2, 0.25) is 0 Å². The molecule has 1 saturated heterocycles. The van der Waals surface area contributed by atoms with Crippen molar-refractivity contribution in [2.24, 2.45) is 11.8 Å². The Hall–Kier alpha value is -2.70. The Labute approximate surface area is 202 Å². The largest absolute Gasteiger partial charge is 0.442 e. The number of amides is 1. The van der Waals surface area contributed by atoms with Gasteiger partial charge in [-0.3, -0.25) is 10.0 Å². The molecule has 0 saturated carbocycles. The van der Waals surface area contributed by atoms with Crippen molar-refractivity contribution < 1.29 is 24.3 Å². The molecule has 6 nitrogen and oxygen atoms in total. The summed E-state index contributed by atoms with van der Waals surface area (Å²) in [6.07, 6.45) is 1.60. The van der Waals surface area contributed by atoms with Crippen molar-refractivity contribution in [2.45, 2.75) is 65.0 Å². The number of hydrogen-bond acceptors (Lipinski definition) is 5. The van der Waals surface area contributed by atoms with E-state index in [2.05, 4.69) is 12.1 Å². The molecule has 0 radical (unpaired) electrons. The van der Waals surface area contributed by atoms with Gasteiger partial charge in [0.05, 0.1) is 6.04 Å². The summed E-state index contributed by atoms with van der Waals surface area (Å²) in [5, 5.41) is 11.6. The highest BCUT2D eigenvalue weighted by atomic mass is 16.6. The first-order chi connectivity index (χ1) is 16.1. The Morgan fingerprint density at radius 1 is 1.03 bits per heavy atom. The average molecular weight is 468 g/mol. The molecular formula is C28H37NO5. The lowest BCUT2D eigenvalue weighted by molar-refractivity contribution is -0.135. The molecule has 1 fully saturated rings. The van der Waals surface area contributed by atoms with Crippen molar-refractivity contribution in [3.8, 4) is 11.1 Å². The van der Waals surface area contributed by atoms with Crippen LogP contribution in [0.4, 0.5) is 4.79 Å². The average Bonchev–Trinajstić information content (AvgIpc) is 2.81. The molecule has 0 aromatic heterocycles. The summed E-state index contributed by atoms with van der Waals surface area (Å²) in [5.74, 6) is 0.00439. The molecular weight excluding hydrogens is 430 g/mol. The van der Waals surface area contributed by atoms with Gasteiger partial charge in [-0.1, -0.05) is 54.6 Å². The van der Waals surface area contributed by atoms with E-state index in [4.69, 9.17) is 9.47 Å². The standard InChI is InChI=1S/C28H37NO5/c1-20(30)26(24-14-16-33-17-15-24)19-25(29(32)27(31)34-28(2,3)4)18-21-10-12-23(13-11-21)22-8-6-5-7-9-22/h5-13,24-26,32H,14-19H2,1-4H3/t25-,26?/m1/s1. The molecule has 2 aromatic rings. The zero-order valence-electron chi connectivity index (χ0n) is 20.7. The Kier molecular flexibility index (Phi) is 8.86. The lowest BCUT2D eigenvalue weighted by Gasteiger charge is -2.34. The molecule has 0 spiro atoms. The number of Topliss-reactive ketones (excluding diaryl/α,β-unsaturated/α-hetero) is 1. The Morgan fingerprint density at radius 2 is 1.62 bits per heavy atom. The summed E-state index contributed by atoms with van der Waals surface area (Å²) in [4.78, 5) is 25.3. The number of hydrogen-bond donors (Lipinski definition) is 1. The number of ether oxygens (including phenoxy) is 2. The minimum atomic E-state index is -0.798. The smallest absolute Gasteiger partial charge is 0.434 e. The van der Waals surface area contributed by atoms with E-state index >= 15 is 0 Å². The van der Waals surface area contributed by atoms with Crippen LogP contribution in [-0.4, -0.2) is 47.0 Å². The number of rotatable bonds is 8. The molecule has 6 heteroatoms. The summed E-state index contributed by atoms with van der Waals surface area (Å²) in [5.41, 5.74) is 2.46. The van der Waals surface area contributed by atoms with Crippen LogP contribution in [0.5, 0.6) is 0 Å². The summed E-state index contributed by atoms with van der Waals surface area (Å²) < 4.78 is 10.9. The van der Waals surface area contributed by atoms with Gasteiger partial charge in [0, 0.05) is 19.1 Å². The molecule has 1 heterocycles. The van der Waals surface area contributed by atoms with Gasteiger partial charge in [-0.2, -0.15) is 5.06 Å². The molecule has 1 aliphatic heterocycles. The second-order valence-corrected chi connectivity index (χ2v) is 10.1. The zero-order valence-corrected chi connectivity index (χ0v) is 20.7. The SMILES string of the molecule is CC(=O)C(C[C@@H](Cc1ccc(-c2ccccc2)cc1)N(O)C(=O)OC(C)(C)C)C1CCOCC1. The molecule has 2 atom stereocenters. The van der Waals surface area contributed by atoms with Gasteiger partial charge >= 0.3 is 6.09 Å². The minimum absolute atomic E-state index is 0.0777. The van der Waals surface area contributed by atoms with Crippen LogP contribution in [-0.2, 0) is 20.7 Å². The summed E-state index contributed by atoms with van der Waals surface area (Å²) in [7, 11) is 0. The summed E-state index contributed by atoms with van der Waals surface area (Å²) in [6.45, 7) is 8.15. The minimum Gasteiger partial charge on any atom is -0.442 e. The first-order valence-electron chi connectivity index (χ1n) is 12.1. The number of carbonyl (C=O) groups is 2. The van der Waals surface area contributed by atoms with Gasteiger partial charge in [-0.05, 0) is 76.0 Å². The second-order valence-electron chi connectivity index (χ2n) is 10.1. The van der Waals surface area contributed by atoms with E-state index in [1.165, 1.54) is 0 Å². The fourth-order valence-corrected chi connectivity index (χ4v) is 4.57. The number of benzene rings is 2. The Morgan fingerprint density at radius 3 is 2.18 bits per heavy atom. The van der Waals surface area contributed by atoms with Crippen LogP contribution >= 0.6 is 0 Å². The maximum Gasteiger partial charge on any atom is 0.434 e. The van der Waals surface area contributed by atoms with Gasteiger partial charge in [0.1, 0.15) is 11.4 Å². The second kappa shape index (κ2) is 11.6. The van der Waals surface area contributed by atoms with Crippen molar-refractivity contribution in [3.05, 3.63) is 60.2 Å². The van der Waals surface area contributed by atoms with Crippen molar-refractivity contribution in [2.75, 3.05) is 13.2 Å². The normalized spacial score (nSPS) is 16.5. The van der Waals surface area contributed by atoms with E-state index in [9.17, 15) is 14.8 Å². The van der Waals surface area contributed by atoms with Crippen LogP contribution in [0.2, 0.25) is 0 Å². The van der Waals surface area contributed by atoms with E-state index in [-0.39, 0.29) is 17.6 Å². The lowest BCUT2D eigenvalue weighted by Crippen LogP contribution is -2.44. The molecule has 2 aromatic carbocycles. The maximum absolute atomic E-state index is 12.7. The molecule has 1 N–H and O–H groups in total. The van der Waals surface area contributed by atoms with Crippen molar-refractivity contribution in [1.82, 2.24) is 5.06 Å². The topological polar surface area (TPSA) is 76.1 Å². The zero-order chi connectivity index (χ0) is 24.7. The van der Waals surface area contributed by atoms with Crippen LogP contribution in [0.15, 0.2) is 54.6 Å². The fourth-order valence-electron chi connectivity index (χ4n) is 4.57. The van der Waals surface area contributed by atoms with Crippen molar-refractivity contribution >= 4 is 11.9 Å². The highest BCUT2D eigenvalue weighted by Gasteiger charge is 2.34. The Balaban J connectivity index is 1.81. The molecule has 34 heavy (non-hydrogen) atoms. The van der Waals surface area contributed by atoms with E-state index in [0.717, 1.165) is 29.5 Å². The third kappa shape index (κ3) is 7.40. The van der Waals surface area contributed by atoms with E-state index in [1.807, 2.05) is 42.5 Å². The summed E-state index contributed by atoms with van der Waals surface area (Å²) in [6, 6.07) is 17.6. The first-order valence-corrected chi connectivity index (χ1v) is 12.1.